The lowest BCUT2D eigenvalue weighted by molar-refractivity contribution is 0.609. The first kappa shape index (κ1) is 10.3. The lowest BCUT2D eigenvalue weighted by Gasteiger charge is -2.03. The fraction of sp³-hybridized carbons (Fsp3) is 0.0833. The largest absolute Gasteiger partial charge is 0.257 e. The first-order valence-electron chi connectivity index (χ1n) is 4.57. The van der Waals surface area contributed by atoms with Crippen LogP contribution in [-0.4, -0.2) is 4.98 Å². The minimum atomic E-state index is -0.270. The second-order valence-electron chi connectivity index (χ2n) is 3.15. The van der Waals surface area contributed by atoms with Crippen LogP contribution < -0.4 is 0 Å². The van der Waals surface area contributed by atoms with Crippen LogP contribution in [0.4, 0.5) is 4.39 Å². The summed E-state index contributed by atoms with van der Waals surface area (Å²) < 4.78 is 13.4. The molecular formula is C12H9BrFN. The predicted octanol–water partition coefficient (Wildman–Crippen LogP) is 3.78. The van der Waals surface area contributed by atoms with Gasteiger partial charge in [0, 0.05) is 17.1 Å². The number of rotatable bonds is 2. The van der Waals surface area contributed by atoms with Crippen LogP contribution in [0.15, 0.2) is 42.6 Å². The van der Waals surface area contributed by atoms with E-state index in [1.165, 1.54) is 6.07 Å². The van der Waals surface area contributed by atoms with E-state index in [9.17, 15) is 4.39 Å². The van der Waals surface area contributed by atoms with Crippen molar-refractivity contribution in [2.45, 2.75) is 5.33 Å². The Labute approximate surface area is 96.1 Å². The first-order chi connectivity index (χ1) is 7.31. The van der Waals surface area contributed by atoms with Gasteiger partial charge in [0.15, 0.2) is 0 Å². The van der Waals surface area contributed by atoms with Crippen molar-refractivity contribution in [2.24, 2.45) is 0 Å². The molecule has 0 aliphatic rings. The van der Waals surface area contributed by atoms with Crippen LogP contribution in [-0.2, 0) is 5.33 Å². The van der Waals surface area contributed by atoms with Gasteiger partial charge in [0.2, 0.25) is 0 Å². The van der Waals surface area contributed by atoms with E-state index in [4.69, 9.17) is 0 Å². The van der Waals surface area contributed by atoms with Crippen LogP contribution in [0.5, 0.6) is 0 Å². The van der Waals surface area contributed by atoms with Crippen LogP contribution in [0.3, 0.4) is 0 Å². The third-order valence-corrected chi connectivity index (χ3v) is 2.68. The molecule has 1 nitrogen and oxygen atoms in total. The van der Waals surface area contributed by atoms with Gasteiger partial charge >= 0.3 is 0 Å². The highest BCUT2D eigenvalue weighted by Crippen LogP contribution is 2.20. The van der Waals surface area contributed by atoms with E-state index in [-0.39, 0.29) is 5.82 Å². The zero-order valence-corrected chi connectivity index (χ0v) is 9.54. The third-order valence-electron chi connectivity index (χ3n) is 2.15. The molecule has 1 aromatic heterocycles. The minimum Gasteiger partial charge on any atom is -0.257 e. The SMILES string of the molecule is Fc1cc(-c2ccccc2)cnc1CBr. The summed E-state index contributed by atoms with van der Waals surface area (Å²) in [6, 6.07) is 11.2. The van der Waals surface area contributed by atoms with E-state index in [1.807, 2.05) is 30.3 Å². The number of benzene rings is 1. The molecule has 0 atom stereocenters. The number of alkyl halides is 1. The third kappa shape index (κ3) is 2.23. The molecule has 0 radical (unpaired) electrons. The molecule has 0 saturated heterocycles. The molecule has 0 fully saturated rings. The normalized spacial score (nSPS) is 10.3. The van der Waals surface area contributed by atoms with Gasteiger partial charge in [-0.2, -0.15) is 0 Å². The van der Waals surface area contributed by atoms with Gasteiger partial charge in [0.1, 0.15) is 5.82 Å². The summed E-state index contributed by atoms with van der Waals surface area (Å²) in [5, 5.41) is 0.438. The van der Waals surface area contributed by atoms with Gasteiger partial charge in [0.25, 0.3) is 0 Å². The van der Waals surface area contributed by atoms with E-state index in [0.717, 1.165) is 11.1 Å². The quantitative estimate of drug-likeness (QED) is 0.754. The predicted molar refractivity (Wildman–Crippen MR) is 62.3 cm³/mol. The summed E-state index contributed by atoms with van der Waals surface area (Å²) in [5.41, 5.74) is 2.22. The van der Waals surface area contributed by atoms with Gasteiger partial charge < -0.3 is 0 Å². The Hall–Kier alpha value is -1.22. The second kappa shape index (κ2) is 4.53. The van der Waals surface area contributed by atoms with Gasteiger partial charge in [-0.3, -0.25) is 4.98 Å². The fourth-order valence-electron chi connectivity index (χ4n) is 1.35. The van der Waals surface area contributed by atoms with Gasteiger partial charge in [0.05, 0.1) is 5.69 Å². The second-order valence-corrected chi connectivity index (χ2v) is 3.71. The molecule has 0 N–H and O–H groups in total. The van der Waals surface area contributed by atoms with Crippen molar-refractivity contribution < 1.29 is 4.39 Å². The Kier molecular flexibility index (Phi) is 3.11. The number of hydrogen-bond donors (Lipinski definition) is 0. The van der Waals surface area contributed by atoms with Crippen molar-refractivity contribution in [1.82, 2.24) is 4.98 Å². The number of hydrogen-bond acceptors (Lipinski definition) is 1. The van der Waals surface area contributed by atoms with Gasteiger partial charge in [-0.05, 0) is 11.6 Å². The number of pyridine rings is 1. The summed E-state index contributed by atoms with van der Waals surface area (Å²) in [5.74, 6) is -0.270. The lowest BCUT2D eigenvalue weighted by Crippen LogP contribution is -1.92. The average molecular weight is 266 g/mol. The maximum Gasteiger partial charge on any atom is 0.146 e. The number of aromatic nitrogens is 1. The highest BCUT2D eigenvalue weighted by atomic mass is 79.9. The van der Waals surface area contributed by atoms with Crippen molar-refractivity contribution in [3.05, 3.63) is 54.1 Å². The van der Waals surface area contributed by atoms with Gasteiger partial charge in [-0.15, -0.1) is 0 Å². The highest BCUT2D eigenvalue weighted by molar-refractivity contribution is 9.08. The number of nitrogens with zero attached hydrogens (tertiary/aromatic N) is 1. The molecule has 0 aliphatic carbocycles. The average Bonchev–Trinajstić information content (AvgIpc) is 2.30. The lowest BCUT2D eigenvalue weighted by atomic mass is 10.1. The molecule has 0 spiro atoms. The Morgan fingerprint density at radius 3 is 2.47 bits per heavy atom. The summed E-state index contributed by atoms with van der Waals surface area (Å²) in [7, 11) is 0. The van der Waals surface area contributed by atoms with Crippen molar-refractivity contribution in [2.75, 3.05) is 0 Å². The molecule has 3 heteroatoms. The molecule has 0 unspecified atom stereocenters. The Morgan fingerprint density at radius 2 is 1.87 bits per heavy atom. The summed E-state index contributed by atoms with van der Waals surface area (Å²) >= 11 is 3.19. The molecule has 76 valence electrons. The number of halogens is 2. The van der Waals surface area contributed by atoms with Crippen molar-refractivity contribution in [1.29, 1.82) is 0 Å². The van der Waals surface area contributed by atoms with Crippen molar-refractivity contribution in [3.8, 4) is 11.1 Å². The summed E-state index contributed by atoms with van der Waals surface area (Å²) in [4.78, 5) is 4.05. The summed E-state index contributed by atoms with van der Waals surface area (Å²) in [6.45, 7) is 0. The molecular weight excluding hydrogens is 257 g/mol. The molecule has 15 heavy (non-hydrogen) atoms. The zero-order valence-electron chi connectivity index (χ0n) is 7.95. The highest BCUT2D eigenvalue weighted by Gasteiger charge is 2.04. The van der Waals surface area contributed by atoms with E-state index >= 15 is 0 Å². The Bertz CT molecular complexity index is 456. The molecule has 0 amide bonds. The van der Waals surface area contributed by atoms with Crippen LogP contribution in [0.1, 0.15) is 5.69 Å². The topological polar surface area (TPSA) is 12.9 Å². The van der Waals surface area contributed by atoms with Crippen LogP contribution in [0.25, 0.3) is 11.1 Å². The first-order valence-corrected chi connectivity index (χ1v) is 5.69. The summed E-state index contributed by atoms with van der Waals surface area (Å²) in [6.07, 6.45) is 1.69. The smallest absolute Gasteiger partial charge is 0.146 e. The zero-order chi connectivity index (χ0) is 10.7. The Balaban J connectivity index is 2.43. The maximum absolute atomic E-state index is 13.4. The van der Waals surface area contributed by atoms with Crippen molar-refractivity contribution in [3.63, 3.8) is 0 Å². The van der Waals surface area contributed by atoms with E-state index in [0.29, 0.717) is 11.0 Å². The fourth-order valence-corrected chi connectivity index (χ4v) is 1.77. The standard InChI is InChI=1S/C12H9BrFN/c13-7-12-11(14)6-10(8-15-12)9-4-2-1-3-5-9/h1-6,8H,7H2. The van der Waals surface area contributed by atoms with E-state index < -0.39 is 0 Å². The van der Waals surface area contributed by atoms with E-state index in [1.54, 1.807) is 6.20 Å². The van der Waals surface area contributed by atoms with Crippen LogP contribution in [0, 0.1) is 5.82 Å². The Morgan fingerprint density at radius 1 is 1.13 bits per heavy atom. The monoisotopic (exact) mass is 265 g/mol. The molecule has 1 aromatic carbocycles. The maximum atomic E-state index is 13.4. The molecule has 0 bridgehead atoms. The van der Waals surface area contributed by atoms with Gasteiger partial charge in [-0.25, -0.2) is 4.39 Å². The van der Waals surface area contributed by atoms with Crippen LogP contribution >= 0.6 is 15.9 Å². The molecule has 0 aliphatic heterocycles. The minimum absolute atomic E-state index is 0.270. The van der Waals surface area contributed by atoms with Crippen molar-refractivity contribution >= 4 is 15.9 Å². The molecule has 2 rings (SSSR count). The van der Waals surface area contributed by atoms with Gasteiger partial charge in [-0.1, -0.05) is 46.3 Å². The van der Waals surface area contributed by atoms with E-state index in [2.05, 4.69) is 20.9 Å². The van der Waals surface area contributed by atoms with Crippen LogP contribution in [0.2, 0.25) is 0 Å². The molecule has 2 aromatic rings. The molecule has 0 saturated carbocycles. The molecule has 1 heterocycles.